The van der Waals surface area contributed by atoms with Crippen molar-refractivity contribution in [3.05, 3.63) is 135 Å². The summed E-state index contributed by atoms with van der Waals surface area (Å²) in [7, 11) is 9.38. The third kappa shape index (κ3) is 13.4. The van der Waals surface area contributed by atoms with Gasteiger partial charge in [-0.25, -0.2) is 19.9 Å². The van der Waals surface area contributed by atoms with E-state index in [1.165, 1.54) is 59.3 Å². The monoisotopic (exact) mass is 1080 g/mol. The Hall–Kier alpha value is -7.98. The topological polar surface area (TPSA) is 212 Å². The molecule has 22 heteroatoms. The summed E-state index contributed by atoms with van der Waals surface area (Å²) in [5.41, 5.74) is 8.59. The SMILES string of the molecule is C.COc1cc(F)c([N+](=O)[O-])cc1Nc1nccc(-c2cn3c4c(cccc24)CCC3)n1.Cl.[2H]C([2H])([2H])N(C)CCN(C)c1cc(OC)c(Nc2nccc(-c3cn4c5c(cccc35)CCC4)n2)cc1[N+](=O)[O-].[2H]C([2H])([2H])N(C)CCNC. The van der Waals surface area contributed by atoms with Gasteiger partial charge in [0.05, 0.1) is 57.9 Å². The zero-order valence-corrected chi connectivity index (χ0v) is 43.8. The highest BCUT2D eigenvalue weighted by Gasteiger charge is 2.25. The first kappa shape index (κ1) is 49.9. The maximum Gasteiger partial charge on any atom is 0.307 e. The summed E-state index contributed by atoms with van der Waals surface area (Å²) >= 11 is 0. The van der Waals surface area contributed by atoms with E-state index >= 15 is 0 Å². The molecule has 0 spiro atoms. The minimum Gasteiger partial charge on any atom is -0.494 e. The highest BCUT2D eigenvalue weighted by Crippen LogP contribution is 2.41. The lowest BCUT2D eigenvalue weighted by Crippen LogP contribution is -2.28. The molecular formula is C55H68ClFN14O6. The maximum atomic E-state index is 13.9. The van der Waals surface area contributed by atoms with Crippen LogP contribution in [0, 0.1) is 26.0 Å². The largest absolute Gasteiger partial charge is 0.494 e. The van der Waals surface area contributed by atoms with Gasteiger partial charge in [-0.3, -0.25) is 20.2 Å². The molecule has 6 heterocycles. The normalized spacial score (nSPS) is 13.6. The molecule has 0 radical (unpaired) electrons. The second-order valence-corrected chi connectivity index (χ2v) is 18.0. The molecule has 0 fully saturated rings. The Labute approximate surface area is 462 Å². The number of hydrogen-bond donors (Lipinski definition) is 3. The number of aryl methyl sites for hydroxylation is 4. The van der Waals surface area contributed by atoms with Gasteiger partial charge < -0.3 is 49.3 Å². The first-order valence-electron chi connectivity index (χ1n) is 27.2. The first-order valence-corrected chi connectivity index (χ1v) is 24.2. The number of nitro groups is 2. The van der Waals surface area contributed by atoms with Gasteiger partial charge in [0.25, 0.3) is 5.69 Å². The Morgan fingerprint density at radius 3 is 1.69 bits per heavy atom. The number of rotatable bonds is 17. The molecule has 0 atom stereocenters. The summed E-state index contributed by atoms with van der Waals surface area (Å²) in [6, 6.07) is 21.3. The summed E-state index contributed by atoms with van der Waals surface area (Å²) in [5.74, 6) is -0.000673. The number of para-hydroxylation sites is 2. The van der Waals surface area contributed by atoms with Crippen LogP contribution in [0.3, 0.4) is 0 Å². The van der Waals surface area contributed by atoms with Gasteiger partial charge in [-0.2, -0.15) is 4.39 Å². The number of ether oxygens (including phenoxy) is 2. The van der Waals surface area contributed by atoms with Crippen molar-refractivity contribution in [1.82, 2.24) is 44.2 Å². The van der Waals surface area contributed by atoms with E-state index in [9.17, 15) is 24.6 Å². The molecule has 408 valence electrons. The predicted octanol–water partition coefficient (Wildman–Crippen LogP) is 10.4. The molecule has 4 aromatic heterocycles. The molecule has 0 unspecified atom stereocenters. The van der Waals surface area contributed by atoms with E-state index in [4.69, 9.17) is 22.7 Å². The fourth-order valence-electron chi connectivity index (χ4n) is 9.22. The number of nitrogens with zero attached hydrogens (tertiary/aromatic N) is 11. The molecule has 8 aromatic rings. The smallest absolute Gasteiger partial charge is 0.307 e. The fourth-order valence-corrected chi connectivity index (χ4v) is 9.22. The van der Waals surface area contributed by atoms with Crippen LogP contribution in [0.5, 0.6) is 11.5 Å². The third-order valence-electron chi connectivity index (χ3n) is 12.8. The van der Waals surface area contributed by atoms with E-state index in [0.29, 0.717) is 30.2 Å². The molecule has 0 amide bonds. The second kappa shape index (κ2) is 26.2. The quantitative estimate of drug-likeness (QED) is 0.0572. The molecule has 0 saturated heterocycles. The van der Waals surface area contributed by atoms with Gasteiger partial charge in [-0.15, -0.1) is 12.4 Å². The van der Waals surface area contributed by atoms with Gasteiger partial charge in [-0.05, 0) is 84.0 Å². The van der Waals surface area contributed by atoms with Crippen molar-refractivity contribution < 1.29 is 31.9 Å². The summed E-state index contributed by atoms with van der Waals surface area (Å²) in [5, 5.41) is 34.3. The molecule has 0 aliphatic carbocycles. The van der Waals surface area contributed by atoms with Crippen LogP contribution in [0.15, 0.2) is 97.6 Å². The fraction of sp³-hybridized carbons (Fsp3) is 0.345. The number of methoxy groups -OCH3 is 2. The summed E-state index contributed by atoms with van der Waals surface area (Å²) < 4.78 is 72.6. The Balaban J connectivity index is 0.000000229. The van der Waals surface area contributed by atoms with Crippen molar-refractivity contribution in [2.24, 2.45) is 0 Å². The summed E-state index contributed by atoms with van der Waals surface area (Å²) in [6.07, 6.45) is 11.8. The Kier molecular flexibility index (Phi) is 17.0. The van der Waals surface area contributed by atoms with Crippen LogP contribution in [0.4, 0.5) is 44.7 Å². The van der Waals surface area contributed by atoms with Gasteiger partial charge in [0.1, 0.15) is 17.2 Å². The number of nitrogens with one attached hydrogen (secondary N) is 3. The van der Waals surface area contributed by atoms with Crippen molar-refractivity contribution in [3.8, 4) is 34.0 Å². The Morgan fingerprint density at radius 2 is 1.21 bits per heavy atom. The Bertz CT molecular complexity index is 3590. The standard InChI is InChI=1S/C27H31N7O3.C22H18FN5O3.C5H14N2.CH4.ClH/c1-31(2)13-14-32(3)23-16-25(37-4)22(15-24(23)34(35)36)30-27-28-11-10-21(29-27)20-17-33-12-6-8-18-7-5-9-19(20)26(18)33;1-31-20-10-16(23)19(28(29)30)11-18(20)26-22-24-8-7-17(25-22)15-12-27-9-3-5-13-4-2-6-14(15)21(13)27;1-6-4-5-7(2)3;;/h5,7,9-11,15-17H,6,8,12-14H2,1-4H3,(H,28,29,30);2,4,6-8,10-12H,3,5,9H2,1H3,(H,24,25,26);6H,4-5H2,1-3H3;1H4;1H/i1D3;;2D3;;. The summed E-state index contributed by atoms with van der Waals surface area (Å²) in [6.45, 7) is -0.589. The highest BCUT2D eigenvalue weighted by atomic mass is 35.5. The van der Waals surface area contributed by atoms with Crippen molar-refractivity contribution >= 4 is 74.5 Å². The lowest BCUT2D eigenvalue weighted by atomic mass is 10.0. The maximum absolute atomic E-state index is 13.9. The molecule has 77 heavy (non-hydrogen) atoms. The number of benzene rings is 4. The molecule has 2 aliphatic rings. The molecule has 20 nitrogen and oxygen atoms in total. The van der Waals surface area contributed by atoms with Crippen LogP contribution in [0.2, 0.25) is 0 Å². The number of halogens is 2. The molecule has 3 N–H and O–H groups in total. The minimum absolute atomic E-state index is 0. The molecule has 0 saturated carbocycles. The van der Waals surface area contributed by atoms with Crippen LogP contribution in [0.1, 0.15) is 39.6 Å². The van der Waals surface area contributed by atoms with E-state index in [1.807, 2.05) is 12.1 Å². The third-order valence-corrected chi connectivity index (χ3v) is 12.8. The number of anilines is 5. The number of hydrogen-bond acceptors (Lipinski definition) is 16. The van der Waals surface area contributed by atoms with Crippen LogP contribution in [-0.2, 0) is 25.9 Å². The first-order chi connectivity index (χ1) is 38.6. The Morgan fingerprint density at radius 1 is 0.714 bits per heavy atom. The molecule has 0 bridgehead atoms. The van der Waals surface area contributed by atoms with E-state index in [1.54, 1.807) is 44.5 Å². The van der Waals surface area contributed by atoms with Crippen LogP contribution in [-0.4, -0.2) is 131 Å². The number of nitro benzene ring substituents is 2. The van der Waals surface area contributed by atoms with E-state index < -0.39 is 35.3 Å². The zero-order valence-electron chi connectivity index (χ0n) is 49.0. The lowest BCUT2D eigenvalue weighted by Gasteiger charge is -2.22. The van der Waals surface area contributed by atoms with Gasteiger partial charge in [0.2, 0.25) is 17.7 Å². The molecule has 10 rings (SSSR count). The van der Waals surface area contributed by atoms with E-state index in [0.717, 1.165) is 84.2 Å². The number of likely N-dealkylation sites (N-methyl/N-ethyl adjacent to an activating group) is 4. The van der Waals surface area contributed by atoms with E-state index in [-0.39, 0.29) is 61.9 Å². The van der Waals surface area contributed by atoms with Gasteiger partial charge in [0, 0.05) is 125 Å². The van der Waals surface area contributed by atoms with Crippen molar-refractivity contribution in [2.45, 2.75) is 46.2 Å². The predicted molar refractivity (Wildman–Crippen MR) is 307 cm³/mol. The second-order valence-electron chi connectivity index (χ2n) is 18.0. The summed E-state index contributed by atoms with van der Waals surface area (Å²) in [4.78, 5) is 44.0. The van der Waals surface area contributed by atoms with E-state index in [2.05, 4.69) is 88.8 Å². The zero-order chi connectivity index (χ0) is 58.3. The lowest BCUT2D eigenvalue weighted by molar-refractivity contribution is -0.387. The van der Waals surface area contributed by atoms with Crippen molar-refractivity contribution in [1.29, 1.82) is 0 Å². The highest BCUT2D eigenvalue weighted by molar-refractivity contribution is 5.98. The average Bonchev–Trinajstić information content (AvgIpc) is 4.20. The van der Waals surface area contributed by atoms with Crippen molar-refractivity contribution in [2.75, 3.05) is 98.1 Å². The van der Waals surface area contributed by atoms with Gasteiger partial charge in [0.15, 0.2) is 0 Å². The molecular weight excluding hydrogens is 1010 g/mol. The minimum atomic E-state index is -2.25. The molecule has 4 aromatic carbocycles. The van der Waals surface area contributed by atoms with Crippen LogP contribution >= 0.6 is 12.4 Å². The van der Waals surface area contributed by atoms with Crippen molar-refractivity contribution in [3.63, 3.8) is 0 Å². The molecule has 2 aliphatic heterocycles. The van der Waals surface area contributed by atoms with Crippen LogP contribution in [0.25, 0.3) is 44.3 Å². The average molecular weight is 1080 g/mol. The van der Waals surface area contributed by atoms with Crippen LogP contribution < -0.4 is 30.3 Å². The van der Waals surface area contributed by atoms with Gasteiger partial charge in [-0.1, -0.05) is 43.8 Å². The number of aromatic nitrogens is 6. The van der Waals surface area contributed by atoms with Gasteiger partial charge >= 0.3 is 5.69 Å².